The number of aromatic nitrogens is 1. The summed E-state index contributed by atoms with van der Waals surface area (Å²) in [5.41, 5.74) is 1.34. The fraction of sp³-hybridized carbons (Fsp3) is 0.0909. The minimum Gasteiger partial charge on any atom is -0.478 e. The Morgan fingerprint density at radius 3 is 2.73 bits per heavy atom. The van der Waals surface area contributed by atoms with Crippen molar-refractivity contribution in [3.63, 3.8) is 0 Å². The zero-order valence-electron chi connectivity index (χ0n) is 8.07. The van der Waals surface area contributed by atoms with Gasteiger partial charge in [0.2, 0.25) is 0 Å². The number of carboxylic acids is 1. The van der Waals surface area contributed by atoms with Gasteiger partial charge in [0.25, 0.3) is 0 Å². The number of H-pyrrole nitrogens is 1. The second kappa shape index (κ2) is 3.24. The second-order valence-electron chi connectivity index (χ2n) is 3.38. The minimum absolute atomic E-state index is 0.0989. The van der Waals surface area contributed by atoms with Crippen LogP contribution < -0.4 is 5.43 Å². The third kappa shape index (κ3) is 1.61. The summed E-state index contributed by atoms with van der Waals surface area (Å²) in [6.45, 7) is 1.76. The van der Waals surface area contributed by atoms with Gasteiger partial charge in [0.15, 0.2) is 5.43 Å². The minimum atomic E-state index is -1.00. The Hall–Kier alpha value is -2.10. The fourth-order valence-corrected chi connectivity index (χ4v) is 1.52. The summed E-state index contributed by atoms with van der Waals surface area (Å²) in [4.78, 5) is 25.2. The molecule has 0 saturated heterocycles. The van der Waals surface area contributed by atoms with Crippen molar-refractivity contribution in [3.05, 3.63) is 45.7 Å². The lowest BCUT2D eigenvalue weighted by Gasteiger charge is -2.01. The molecule has 0 saturated carbocycles. The molecule has 0 bridgehead atoms. The van der Waals surface area contributed by atoms with Crippen LogP contribution in [-0.2, 0) is 0 Å². The van der Waals surface area contributed by atoms with E-state index in [0.29, 0.717) is 10.9 Å². The number of pyridine rings is 1. The molecule has 2 N–H and O–H groups in total. The summed E-state index contributed by atoms with van der Waals surface area (Å²) in [7, 11) is 0. The first kappa shape index (κ1) is 9.45. The molecule has 4 nitrogen and oxygen atoms in total. The van der Waals surface area contributed by atoms with Crippen molar-refractivity contribution < 1.29 is 9.90 Å². The number of hydrogen-bond acceptors (Lipinski definition) is 2. The van der Waals surface area contributed by atoms with Crippen molar-refractivity contribution in [1.82, 2.24) is 4.98 Å². The summed E-state index contributed by atoms with van der Waals surface area (Å²) in [6, 6.07) is 5.90. The molecule has 0 aliphatic heterocycles. The third-order valence-corrected chi connectivity index (χ3v) is 2.21. The number of fused-ring (bicyclic) bond motifs is 1. The molecule has 0 unspecified atom stereocenters. The van der Waals surface area contributed by atoms with Gasteiger partial charge in [-0.3, -0.25) is 4.79 Å². The van der Waals surface area contributed by atoms with Gasteiger partial charge in [-0.05, 0) is 25.1 Å². The molecule has 0 aliphatic carbocycles. The lowest BCUT2D eigenvalue weighted by Crippen LogP contribution is -2.04. The normalized spacial score (nSPS) is 10.5. The smallest absolute Gasteiger partial charge is 0.335 e. The molecule has 0 atom stereocenters. The zero-order chi connectivity index (χ0) is 11.0. The number of aromatic carboxylic acids is 1. The van der Waals surface area contributed by atoms with Crippen molar-refractivity contribution in [2.75, 3.05) is 0 Å². The maximum absolute atomic E-state index is 11.5. The number of carboxylic acid groups (broad SMARTS) is 1. The van der Waals surface area contributed by atoms with E-state index in [4.69, 9.17) is 5.11 Å². The Morgan fingerprint density at radius 1 is 1.33 bits per heavy atom. The molecule has 1 aromatic heterocycles. The highest BCUT2D eigenvalue weighted by molar-refractivity contribution is 5.92. The second-order valence-corrected chi connectivity index (χ2v) is 3.38. The quantitative estimate of drug-likeness (QED) is 0.738. The summed E-state index contributed by atoms with van der Waals surface area (Å²) in [5.74, 6) is -1.00. The first-order valence-electron chi connectivity index (χ1n) is 4.45. The average Bonchev–Trinajstić information content (AvgIpc) is 2.16. The molecule has 0 spiro atoms. The van der Waals surface area contributed by atoms with Crippen molar-refractivity contribution in [2.45, 2.75) is 6.92 Å². The average molecular weight is 203 g/mol. The Kier molecular flexibility index (Phi) is 2.04. The van der Waals surface area contributed by atoms with Crippen LogP contribution in [0.4, 0.5) is 0 Å². The van der Waals surface area contributed by atoms with E-state index in [9.17, 15) is 9.59 Å². The Labute approximate surface area is 85.2 Å². The summed E-state index contributed by atoms with van der Waals surface area (Å²) in [5, 5.41) is 9.30. The standard InChI is InChI=1S/C11H9NO3/c1-6-4-10(13)8-3-2-7(11(14)15)5-9(8)12-6/h2-5H,1H3,(H,12,13)(H,14,15). The first-order chi connectivity index (χ1) is 7.08. The molecule has 2 rings (SSSR count). The topological polar surface area (TPSA) is 70.2 Å². The number of rotatable bonds is 1. The van der Waals surface area contributed by atoms with Gasteiger partial charge in [-0.15, -0.1) is 0 Å². The van der Waals surface area contributed by atoms with E-state index in [1.54, 1.807) is 6.92 Å². The number of hydrogen-bond donors (Lipinski definition) is 2. The molecular formula is C11H9NO3. The van der Waals surface area contributed by atoms with Crippen LogP contribution in [0, 0.1) is 6.92 Å². The van der Waals surface area contributed by atoms with E-state index in [2.05, 4.69) is 4.98 Å². The van der Waals surface area contributed by atoms with Crippen molar-refractivity contribution >= 4 is 16.9 Å². The molecule has 15 heavy (non-hydrogen) atoms. The number of aromatic amines is 1. The molecule has 1 heterocycles. The molecule has 4 heteroatoms. The van der Waals surface area contributed by atoms with E-state index < -0.39 is 5.97 Å². The first-order valence-corrected chi connectivity index (χ1v) is 4.45. The molecule has 2 aromatic rings. The molecule has 0 aliphatic rings. The van der Waals surface area contributed by atoms with Gasteiger partial charge in [0.05, 0.1) is 11.1 Å². The van der Waals surface area contributed by atoms with Crippen molar-refractivity contribution in [3.8, 4) is 0 Å². The highest BCUT2D eigenvalue weighted by atomic mass is 16.4. The van der Waals surface area contributed by atoms with Gasteiger partial charge in [-0.2, -0.15) is 0 Å². The van der Waals surface area contributed by atoms with Crippen molar-refractivity contribution in [2.24, 2.45) is 0 Å². The molecule has 0 fully saturated rings. The molecule has 0 radical (unpaired) electrons. The largest absolute Gasteiger partial charge is 0.478 e. The van der Waals surface area contributed by atoms with Crippen LogP contribution in [-0.4, -0.2) is 16.1 Å². The van der Waals surface area contributed by atoms with Gasteiger partial charge >= 0.3 is 5.97 Å². The van der Waals surface area contributed by atoms with E-state index in [1.165, 1.54) is 24.3 Å². The number of benzene rings is 1. The predicted octanol–water partition coefficient (Wildman–Crippen LogP) is 1.53. The van der Waals surface area contributed by atoms with E-state index >= 15 is 0 Å². The Balaban J connectivity index is 2.82. The van der Waals surface area contributed by atoms with Crippen LogP contribution >= 0.6 is 0 Å². The highest BCUT2D eigenvalue weighted by Gasteiger charge is 2.05. The van der Waals surface area contributed by atoms with Crippen LogP contribution in [0.2, 0.25) is 0 Å². The monoisotopic (exact) mass is 203 g/mol. The van der Waals surface area contributed by atoms with E-state index in [-0.39, 0.29) is 11.0 Å². The molecule has 1 aromatic carbocycles. The lowest BCUT2D eigenvalue weighted by atomic mass is 10.1. The van der Waals surface area contributed by atoms with Gasteiger partial charge in [-0.1, -0.05) is 0 Å². The highest BCUT2D eigenvalue weighted by Crippen LogP contribution is 2.11. The fourth-order valence-electron chi connectivity index (χ4n) is 1.52. The zero-order valence-corrected chi connectivity index (χ0v) is 8.07. The number of carbonyl (C=O) groups is 1. The van der Waals surface area contributed by atoms with Gasteiger partial charge in [-0.25, -0.2) is 4.79 Å². The maximum Gasteiger partial charge on any atom is 0.335 e. The number of aryl methyl sites for hydroxylation is 1. The van der Waals surface area contributed by atoms with Crippen molar-refractivity contribution in [1.29, 1.82) is 0 Å². The molecular weight excluding hydrogens is 194 g/mol. The van der Waals surface area contributed by atoms with Gasteiger partial charge < -0.3 is 10.1 Å². The SMILES string of the molecule is Cc1cc(=O)c2ccc(C(=O)O)cc2[nH]1. The summed E-state index contributed by atoms with van der Waals surface area (Å²) < 4.78 is 0. The van der Waals surface area contributed by atoms with Crippen LogP contribution in [0.1, 0.15) is 16.1 Å². The summed E-state index contributed by atoms with van der Waals surface area (Å²) >= 11 is 0. The summed E-state index contributed by atoms with van der Waals surface area (Å²) in [6.07, 6.45) is 0. The predicted molar refractivity (Wildman–Crippen MR) is 56.3 cm³/mol. The third-order valence-electron chi connectivity index (χ3n) is 2.21. The van der Waals surface area contributed by atoms with E-state index in [0.717, 1.165) is 5.69 Å². The Morgan fingerprint density at radius 2 is 2.07 bits per heavy atom. The lowest BCUT2D eigenvalue weighted by molar-refractivity contribution is 0.0697. The molecule has 76 valence electrons. The van der Waals surface area contributed by atoms with Gasteiger partial charge in [0.1, 0.15) is 0 Å². The maximum atomic E-state index is 11.5. The van der Waals surface area contributed by atoms with E-state index in [1.807, 2.05) is 0 Å². The van der Waals surface area contributed by atoms with Gasteiger partial charge in [0, 0.05) is 17.1 Å². The van der Waals surface area contributed by atoms with Crippen LogP contribution in [0.25, 0.3) is 10.9 Å². The molecule has 0 amide bonds. The number of nitrogens with one attached hydrogen (secondary N) is 1. The van der Waals surface area contributed by atoms with Crippen LogP contribution in [0.15, 0.2) is 29.1 Å². The van der Waals surface area contributed by atoms with Crippen LogP contribution in [0.3, 0.4) is 0 Å². The van der Waals surface area contributed by atoms with Crippen LogP contribution in [0.5, 0.6) is 0 Å². The Bertz CT molecular complexity index is 598.